The van der Waals surface area contributed by atoms with E-state index in [2.05, 4.69) is 62.3 Å². The lowest BCUT2D eigenvalue weighted by Gasteiger charge is -2.08. The number of rotatable bonds is 2. The summed E-state index contributed by atoms with van der Waals surface area (Å²) in [5.41, 5.74) is 1.72. The first-order valence-corrected chi connectivity index (χ1v) is 6.55. The molecule has 1 saturated carbocycles. The largest absolute Gasteiger partial charge is 0.366 e. The number of para-hydroxylation sites is 1. The molecule has 0 bridgehead atoms. The first-order chi connectivity index (χ1) is 8.43. The first kappa shape index (κ1) is 11.5. The molecule has 0 aliphatic heterocycles. The molecule has 0 unspecified atom stereocenters. The number of nitrogens with zero attached hydrogens (tertiary/aromatic N) is 1. The Morgan fingerprint density at radius 1 is 0.944 bits per heavy atom. The van der Waals surface area contributed by atoms with Gasteiger partial charge >= 0.3 is 0 Å². The van der Waals surface area contributed by atoms with Gasteiger partial charge in [0, 0.05) is 11.4 Å². The van der Waals surface area contributed by atoms with E-state index in [4.69, 9.17) is 0 Å². The van der Waals surface area contributed by atoms with E-state index in [-0.39, 0.29) is 0 Å². The molecule has 3 rings (SSSR count). The van der Waals surface area contributed by atoms with Crippen LogP contribution in [0.2, 0.25) is 0 Å². The molecule has 0 radical (unpaired) electrons. The van der Waals surface area contributed by atoms with Crippen LogP contribution < -0.4 is 5.32 Å². The Bertz CT molecular complexity index is 585. The molecule has 1 aromatic heterocycles. The molecule has 18 heavy (non-hydrogen) atoms. The third-order valence-corrected chi connectivity index (χ3v) is 4.91. The Balaban J connectivity index is 1.89. The Hall–Kier alpha value is -1.57. The lowest BCUT2D eigenvalue weighted by atomic mass is 10.0. The summed E-state index contributed by atoms with van der Waals surface area (Å²) in [6, 6.07) is 12.9. The molecule has 0 atom stereocenters. The molecule has 2 heteroatoms. The predicted molar refractivity (Wildman–Crippen MR) is 76.7 cm³/mol. The van der Waals surface area contributed by atoms with Crippen LogP contribution in [-0.4, -0.2) is 11.0 Å². The molecule has 2 aromatic rings. The zero-order valence-corrected chi connectivity index (χ0v) is 11.5. The molecule has 1 aliphatic carbocycles. The summed E-state index contributed by atoms with van der Waals surface area (Å²) >= 11 is 0. The van der Waals surface area contributed by atoms with Crippen LogP contribution >= 0.6 is 0 Å². The standard InChI is InChI=1S/C16H20N2/c1-15(2)14(16(15,3)4)18-13-10-9-11-7-5-6-8-12(11)17-13/h5-10,14H,1-4H3,(H,17,18). The van der Waals surface area contributed by atoms with E-state index in [1.54, 1.807) is 0 Å². The first-order valence-electron chi connectivity index (χ1n) is 6.55. The van der Waals surface area contributed by atoms with E-state index >= 15 is 0 Å². The fourth-order valence-electron chi connectivity index (χ4n) is 2.85. The van der Waals surface area contributed by atoms with Gasteiger partial charge in [-0.15, -0.1) is 0 Å². The number of nitrogens with one attached hydrogen (secondary N) is 1. The van der Waals surface area contributed by atoms with Gasteiger partial charge in [0.15, 0.2) is 0 Å². The number of benzene rings is 1. The molecule has 2 nitrogen and oxygen atoms in total. The van der Waals surface area contributed by atoms with E-state index in [0.717, 1.165) is 11.3 Å². The molecule has 94 valence electrons. The third-order valence-electron chi connectivity index (χ3n) is 4.91. The monoisotopic (exact) mass is 240 g/mol. The summed E-state index contributed by atoms with van der Waals surface area (Å²) in [5, 5.41) is 4.77. The van der Waals surface area contributed by atoms with Gasteiger partial charge in [-0.3, -0.25) is 0 Å². The summed E-state index contributed by atoms with van der Waals surface area (Å²) < 4.78 is 0. The second kappa shape index (κ2) is 3.47. The van der Waals surface area contributed by atoms with E-state index in [9.17, 15) is 0 Å². The van der Waals surface area contributed by atoms with Crippen molar-refractivity contribution in [3.63, 3.8) is 0 Å². The lowest BCUT2D eigenvalue weighted by molar-refractivity contribution is 0.457. The minimum absolute atomic E-state index is 0.334. The SMILES string of the molecule is CC1(C)C(Nc2ccc3ccccc3n2)C1(C)C. The predicted octanol–water partition coefficient (Wildman–Crippen LogP) is 4.08. The Labute approximate surface area is 108 Å². The quantitative estimate of drug-likeness (QED) is 0.855. The molecular weight excluding hydrogens is 220 g/mol. The lowest BCUT2D eigenvalue weighted by Crippen LogP contribution is -2.11. The molecule has 1 aromatic carbocycles. The van der Waals surface area contributed by atoms with Crippen LogP contribution in [0.1, 0.15) is 27.7 Å². The number of aromatic nitrogens is 1. The smallest absolute Gasteiger partial charge is 0.126 e. The fourth-order valence-corrected chi connectivity index (χ4v) is 2.85. The van der Waals surface area contributed by atoms with Gasteiger partial charge in [0.25, 0.3) is 0 Å². The van der Waals surface area contributed by atoms with Gasteiger partial charge in [0.05, 0.1) is 5.52 Å². The van der Waals surface area contributed by atoms with Crippen molar-refractivity contribution < 1.29 is 0 Å². The van der Waals surface area contributed by atoms with E-state index in [1.807, 2.05) is 12.1 Å². The van der Waals surface area contributed by atoms with Crippen molar-refractivity contribution in [3.8, 4) is 0 Å². The van der Waals surface area contributed by atoms with Crippen LogP contribution in [0.25, 0.3) is 10.9 Å². The Kier molecular flexibility index (Phi) is 2.22. The van der Waals surface area contributed by atoms with Crippen LogP contribution in [0.5, 0.6) is 0 Å². The van der Waals surface area contributed by atoms with E-state index in [0.29, 0.717) is 16.9 Å². The van der Waals surface area contributed by atoms with E-state index in [1.165, 1.54) is 5.39 Å². The minimum Gasteiger partial charge on any atom is -0.366 e. The maximum atomic E-state index is 4.68. The van der Waals surface area contributed by atoms with Gasteiger partial charge in [-0.05, 0) is 29.0 Å². The van der Waals surface area contributed by atoms with Gasteiger partial charge in [-0.2, -0.15) is 0 Å². The van der Waals surface area contributed by atoms with Crippen LogP contribution in [0.3, 0.4) is 0 Å². The molecule has 1 N–H and O–H groups in total. The average molecular weight is 240 g/mol. The number of fused-ring (bicyclic) bond motifs is 1. The molecule has 1 heterocycles. The van der Waals surface area contributed by atoms with Crippen molar-refractivity contribution in [2.75, 3.05) is 5.32 Å². The number of hydrogen-bond donors (Lipinski definition) is 1. The van der Waals surface area contributed by atoms with Crippen molar-refractivity contribution >= 4 is 16.7 Å². The van der Waals surface area contributed by atoms with Gasteiger partial charge in [0.1, 0.15) is 5.82 Å². The third kappa shape index (κ3) is 1.52. The van der Waals surface area contributed by atoms with Crippen LogP contribution in [0.15, 0.2) is 36.4 Å². The summed E-state index contributed by atoms with van der Waals surface area (Å²) in [4.78, 5) is 4.68. The van der Waals surface area contributed by atoms with Crippen molar-refractivity contribution in [1.29, 1.82) is 0 Å². The van der Waals surface area contributed by atoms with Crippen LogP contribution in [-0.2, 0) is 0 Å². The second-order valence-electron chi connectivity index (χ2n) is 6.41. The second-order valence-corrected chi connectivity index (χ2v) is 6.41. The fraction of sp³-hybridized carbons (Fsp3) is 0.438. The van der Waals surface area contributed by atoms with Crippen molar-refractivity contribution in [3.05, 3.63) is 36.4 Å². The molecule has 1 fully saturated rings. The van der Waals surface area contributed by atoms with Gasteiger partial charge in [-0.25, -0.2) is 4.98 Å². The van der Waals surface area contributed by atoms with Crippen molar-refractivity contribution in [2.24, 2.45) is 10.8 Å². The molecule has 0 amide bonds. The highest BCUT2D eigenvalue weighted by Gasteiger charge is 2.65. The summed E-state index contributed by atoms with van der Waals surface area (Å²) in [6.45, 7) is 9.24. The average Bonchev–Trinajstić information content (AvgIpc) is 2.72. The normalized spacial score (nSPS) is 20.9. The summed E-state index contributed by atoms with van der Waals surface area (Å²) in [5.74, 6) is 0.984. The maximum absolute atomic E-state index is 4.68. The van der Waals surface area contributed by atoms with Gasteiger partial charge in [0.2, 0.25) is 0 Å². The number of anilines is 1. The van der Waals surface area contributed by atoms with Gasteiger partial charge < -0.3 is 5.32 Å². The van der Waals surface area contributed by atoms with Crippen LogP contribution in [0, 0.1) is 10.8 Å². The summed E-state index contributed by atoms with van der Waals surface area (Å²) in [6.07, 6.45) is 0. The molecule has 0 saturated heterocycles. The minimum atomic E-state index is 0.334. The Morgan fingerprint density at radius 2 is 1.61 bits per heavy atom. The zero-order valence-electron chi connectivity index (χ0n) is 11.5. The van der Waals surface area contributed by atoms with Crippen molar-refractivity contribution in [1.82, 2.24) is 4.98 Å². The molecule has 0 spiro atoms. The number of pyridine rings is 1. The molecular formula is C16H20N2. The van der Waals surface area contributed by atoms with Gasteiger partial charge in [-0.1, -0.05) is 45.9 Å². The van der Waals surface area contributed by atoms with Crippen LogP contribution in [0.4, 0.5) is 5.82 Å². The molecule has 1 aliphatic rings. The maximum Gasteiger partial charge on any atom is 0.126 e. The van der Waals surface area contributed by atoms with E-state index < -0.39 is 0 Å². The Morgan fingerprint density at radius 3 is 2.28 bits per heavy atom. The zero-order chi connectivity index (χ0) is 13.0. The highest BCUT2D eigenvalue weighted by Crippen LogP contribution is 2.63. The number of hydrogen-bond acceptors (Lipinski definition) is 2. The topological polar surface area (TPSA) is 24.9 Å². The highest BCUT2D eigenvalue weighted by molar-refractivity contribution is 5.80. The summed E-state index contributed by atoms with van der Waals surface area (Å²) in [7, 11) is 0. The highest BCUT2D eigenvalue weighted by atomic mass is 15.1. The van der Waals surface area contributed by atoms with Crippen molar-refractivity contribution in [2.45, 2.75) is 33.7 Å².